The summed E-state index contributed by atoms with van der Waals surface area (Å²) in [7, 11) is 17.4. The topological polar surface area (TPSA) is 0 Å². The van der Waals surface area contributed by atoms with Gasteiger partial charge in [-0.3, -0.25) is 0 Å². The van der Waals surface area contributed by atoms with Gasteiger partial charge in [0.05, 0.1) is 0 Å². The number of benzene rings is 1. The van der Waals surface area contributed by atoms with E-state index in [-0.39, 0.29) is 0 Å². The summed E-state index contributed by atoms with van der Waals surface area (Å²) in [5.74, 6) is 0. The fourth-order valence-electron chi connectivity index (χ4n) is 0.453. The van der Waals surface area contributed by atoms with E-state index in [9.17, 15) is 0 Å². The van der Waals surface area contributed by atoms with Gasteiger partial charge in [-0.15, -0.1) is 9.24 Å². The molecule has 5 heteroatoms. The molecule has 0 N–H and O–H groups in total. The maximum absolute atomic E-state index is 4.94. The van der Waals surface area contributed by atoms with Gasteiger partial charge in [-0.05, 0) is 5.30 Å². The van der Waals surface area contributed by atoms with Crippen molar-refractivity contribution >= 4 is 43.6 Å². The van der Waals surface area contributed by atoms with E-state index in [1.807, 2.05) is 30.3 Å². The molecule has 1 unspecified atom stereocenters. The van der Waals surface area contributed by atoms with Crippen molar-refractivity contribution in [1.82, 2.24) is 0 Å². The first-order valence-corrected chi connectivity index (χ1v) is 9.48. The van der Waals surface area contributed by atoms with E-state index in [2.05, 4.69) is 9.24 Å². The molecule has 0 saturated heterocycles. The minimum atomic E-state index is -1.66. The van der Waals surface area contributed by atoms with Crippen LogP contribution in [-0.4, -0.2) is 0 Å². The molecule has 0 saturated carbocycles. The molecule has 0 nitrogen and oxygen atoms in total. The van der Waals surface area contributed by atoms with Crippen LogP contribution in [-0.2, 0) is 13.0 Å². The summed E-state index contributed by atoms with van der Waals surface area (Å²) in [5.41, 5.74) is 0. The van der Waals surface area contributed by atoms with E-state index in [1.165, 1.54) is 5.30 Å². The minimum absolute atomic E-state index is 1.24. The van der Waals surface area contributed by atoms with Crippen LogP contribution in [0.15, 0.2) is 30.3 Å². The van der Waals surface area contributed by atoms with E-state index in [1.54, 1.807) is 0 Å². The first-order chi connectivity index (χ1) is 5.13. The van der Waals surface area contributed by atoms with Gasteiger partial charge >= 0.3 is 42.1 Å². The molecule has 0 aliphatic carbocycles. The van der Waals surface area contributed by atoms with Gasteiger partial charge in [-0.25, -0.2) is 0 Å². The Labute approximate surface area is 86.5 Å². The van der Waals surface area contributed by atoms with Crippen molar-refractivity contribution in [3.63, 3.8) is 0 Å². The molecule has 0 heterocycles. The predicted molar refractivity (Wildman–Crippen MR) is 53.3 cm³/mol. The van der Waals surface area contributed by atoms with E-state index >= 15 is 0 Å². The average Bonchev–Trinajstić information content (AvgIpc) is 1.87. The summed E-state index contributed by atoms with van der Waals surface area (Å²) >= 11 is -1.66. The van der Waals surface area contributed by atoms with Gasteiger partial charge in [0.1, 0.15) is 0 Å². The molecule has 1 aromatic carbocycles. The van der Waals surface area contributed by atoms with Crippen LogP contribution in [0.2, 0.25) is 0 Å². The zero-order chi connectivity index (χ0) is 8.69. The first-order valence-electron chi connectivity index (χ1n) is 2.58. The van der Waals surface area contributed by atoms with E-state index in [0.717, 1.165) is 0 Å². The fraction of sp³-hybridized carbons (Fsp3) is 0. The Morgan fingerprint density at radius 1 is 1.00 bits per heavy atom. The molecule has 0 radical (unpaired) electrons. The van der Waals surface area contributed by atoms with Crippen molar-refractivity contribution in [3.8, 4) is 0 Å². The van der Waals surface area contributed by atoms with Gasteiger partial charge in [-0.1, -0.05) is 30.3 Å². The predicted octanol–water partition coefficient (Wildman–Crippen LogP) is 3.25. The summed E-state index contributed by atoms with van der Waals surface area (Å²) < 4.78 is 0. The molecule has 1 aromatic rings. The van der Waals surface area contributed by atoms with Crippen LogP contribution < -0.4 is 5.30 Å². The van der Waals surface area contributed by atoms with Gasteiger partial charge in [0.2, 0.25) is 0 Å². The molecule has 0 spiro atoms. The van der Waals surface area contributed by atoms with Crippen molar-refractivity contribution < 1.29 is 13.0 Å². The number of hydrogen-bond donors (Lipinski definition) is 0. The van der Waals surface area contributed by atoms with Crippen LogP contribution in [0, 0.1) is 0 Å². The van der Waals surface area contributed by atoms with Gasteiger partial charge < -0.3 is 0 Å². The standard InChI is InChI=1S/C6H7P.3ClH.Rh/c7-6-4-2-1-3-5-6;;;;/h1-5H,7H2;3*1H;/q;;;;+3/p-3. The summed E-state index contributed by atoms with van der Waals surface area (Å²) in [6.45, 7) is 0. The molecule has 0 amide bonds. The zero-order valence-corrected chi connectivity index (χ0v) is 10.5. The van der Waals surface area contributed by atoms with Crippen molar-refractivity contribution in [2.24, 2.45) is 0 Å². The summed E-state index contributed by atoms with van der Waals surface area (Å²) in [6.07, 6.45) is 0. The fourth-order valence-corrected chi connectivity index (χ4v) is 0.675. The van der Waals surface area contributed by atoms with Crippen LogP contribution in [0.3, 0.4) is 0 Å². The number of rotatable bonds is 0. The zero-order valence-electron chi connectivity index (χ0n) is 5.43. The summed E-state index contributed by atoms with van der Waals surface area (Å²) in [6, 6.07) is 10.1. The SMILES string of the molecule is Pc1ccccc1.[Cl][Rh]([Cl])[Cl]. The second-order valence-electron chi connectivity index (χ2n) is 1.55. The van der Waals surface area contributed by atoms with E-state index in [0.29, 0.717) is 0 Å². The van der Waals surface area contributed by atoms with Crippen LogP contribution in [0.1, 0.15) is 0 Å². The van der Waals surface area contributed by atoms with Crippen molar-refractivity contribution in [2.75, 3.05) is 0 Å². The van der Waals surface area contributed by atoms with Crippen molar-refractivity contribution in [3.05, 3.63) is 30.3 Å². The molecular formula is C6H7Cl3PRh. The Morgan fingerprint density at radius 2 is 1.36 bits per heavy atom. The van der Waals surface area contributed by atoms with Crippen LogP contribution in [0.4, 0.5) is 0 Å². The maximum atomic E-state index is 4.94. The third kappa shape index (κ3) is 11.1. The summed E-state index contributed by atoms with van der Waals surface area (Å²) in [5, 5.41) is 1.24. The quantitative estimate of drug-likeness (QED) is 0.509. The van der Waals surface area contributed by atoms with Gasteiger partial charge in [0.15, 0.2) is 0 Å². The molecule has 66 valence electrons. The molecule has 11 heavy (non-hydrogen) atoms. The second kappa shape index (κ2) is 7.78. The molecular weight excluding hydrogens is 312 g/mol. The average molecular weight is 319 g/mol. The molecule has 0 aromatic heterocycles. The van der Waals surface area contributed by atoms with Gasteiger partial charge in [-0.2, -0.15) is 0 Å². The van der Waals surface area contributed by atoms with Crippen LogP contribution >= 0.6 is 38.3 Å². The van der Waals surface area contributed by atoms with Crippen LogP contribution in [0.25, 0.3) is 0 Å². The molecule has 0 fully saturated rings. The Hall–Kier alpha value is 1.14. The Bertz CT molecular complexity index is 178. The third-order valence-corrected chi connectivity index (χ3v) is 1.18. The van der Waals surface area contributed by atoms with Gasteiger partial charge in [0, 0.05) is 0 Å². The number of hydrogen-bond acceptors (Lipinski definition) is 0. The molecule has 1 atom stereocenters. The molecule has 0 aliphatic rings. The third-order valence-electron chi connectivity index (χ3n) is 0.800. The summed E-state index contributed by atoms with van der Waals surface area (Å²) in [4.78, 5) is 0. The van der Waals surface area contributed by atoms with E-state index < -0.39 is 13.0 Å². The number of halogens is 3. The second-order valence-corrected chi connectivity index (χ2v) is 9.68. The monoisotopic (exact) mass is 318 g/mol. The Kier molecular flexibility index (Phi) is 8.58. The van der Waals surface area contributed by atoms with E-state index in [4.69, 9.17) is 29.1 Å². The van der Waals surface area contributed by atoms with Crippen molar-refractivity contribution in [1.29, 1.82) is 0 Å². The normalized spacial score (nSPS) is 9.64. The van der Waals surface area contributed by atoms with Gasteiger partial charge in [0.25, 0.3) is 0 Å². The first kappa shape index (κ1) is 12.1. The molecule has 0 bridgehead atoms. The Morgan fingerprint density at radius 3 is 1.55 bits per heavy atom. The van der Waals surface area contributed by atoms with Crippen molar-refractivity contribution in [2.45, 2.75) is 0 Å². The molecule has 1 rings (SSSR count). The molecule has 0 aliphatic heterocycles. The van der Waals surface area contributed by atoms with Crippen LogP contribution in [0.5, 0.6) is 0 Å². The Balaban J connectivity index is 0.000000218.